The number of unbranched alkanes of at least 4 members (excludes halogenated alkanes) is 18. The van der Waals surface area contributed by atoms with Crippen LogP contribution in [0.25, 0.3) is 0 Å². The van der Waals surface area contributed by atoms with Gasteiger partial charge in [0.2, 0.25) is 0 Å². The molecule has 0 saturated heterocycles. The molecule has 298 valence electrons. The standard InChI is InChI=1S/C40H74NO9P/c1-3-5-7-9-11-13-15-17-19-20-22-24-26-28-30-32-39(42)50-37(35-48-51(45,46)49-36-38(41)40(43)44)34-47-33-31-29-27-25-23-21-18-16-14-12-10-8-6-4-2/h5,7,11,13,17,19,37-38H,3-4,6,8-10,12,14-16,18,20-36,41H2,1-2H3,(H,43,44)(H,45,46)/b7-5-,13-11-,19-17-. The number of hydrogen-bond donors (Lipinski definition) is 3. The van der Waals surface area contributed by atoms with Crippen molar-refractivity contribution in [2.45, 2.75) is 180 Å². The maximum absolute atomic E-state index is 12.6. The van der Waals surface area contributed by atoms with Gasteiger partial charge in [0.15, 0.2) is 0 Å². The molecule has 0 aliphatic heterocycles. The van der Waals surface area contributed by atoms with Crippen molar-refractivity contribution < 1.29 is 42.7 Å². The highest BCUT2D eigenvalue weighted by Crippen LogP contribution is 2.43. The van der Waals surface area contributed by atoms with Gasteiger partial charge in [0.1, 0.15) is 12.1 Å². The zero-order valence-corrected chi connectivity index (χ0v) is 33.1. The van der Waals surface area contributed by atoms with Crippen LogP contribution in [-0.2, 0) is 32.7 Å². The number of carboxylic acids is 1. The Kier molecular flexibility index (Phi) is 35.2. The lowest BCUT2D eigenvalue weighted by molar-refractivity contribution is -0.154. The van der Waals surface area contributed by atoms with E-state index in [1.54, 1.807) is 0 Å². The van der Waals surface area contributed by atoms with Crippen molar-refractivity contribution in [2.75, 3.05) is 26.4 Å². The van der Waals surface area contributed by atoms with Gasteiger partial charge in [0.05, 0.1) is 19.8 Å². The van der Waals surface area contributed by atoms with E-state index in [0.29, 0.717) is 13.0 Å². The van der Waals surface area contributed by atoms with Gasteiger partial charge in [-0.05, 0) is 44.9 Å². The van der Waals surface area contributed by atoms with Crippen molar-refractivity contribution in [3.05, 3.63) is 36.5 Å². The second kappa shape index (κ2) is 36.5. The van der Waals surface area contributed by atoms with Crippen LogP contribution in [0.5, 0.6) is 0 Å². The average Bonchev–Trinajstić information content (AvgIpc) is 3.10. The molecular weight excluding hydrogens is 669 g/mol. The van der Waals surface area contributed by atoms with Crippen LogP contribution in [0.2, 0.25) is 0 Å². The Labute approximate surface area is 310 Å². The van der Waals surface area contributed by atoms with E-state index in [-0.39, 0.29) is 13.0 Å². The minimum Gasteiger partial charge on any atom is -0.480 e. The van der Waals surface area contributed by atoms with Gasteiger partial charge in [0, 0.05) is 13.0 Å². The van der Waals surface area contributed by atoms with Crippen molar-refractivity contribution in [1.29, 1.82) is 0 Å². The van der Waals surface area contributed by atoms with Crippen LogP contribution in [-0.4, -0.2) is 60.5 Å². The molecule has 3 atom stereocenters. The third kappa shape index (κ3) is 36.3. The highest BCUT2D eigenvalue weighted by Gasteiger charge is 2.27. The molecule has 0 spiro atoms. The molecule has 0 aliphatic rings. The first-order valence-electron chi connectivity index (χ1n) is 20.0. The van der Waals surface area contributed by atoms with Crippen LogP contribution < -0.4 is 5.73 Å². The second-order valence-electron chi connectivity index (χ2n) is 13.4. The van der Waals surface area contributed by atoms with Gasteiger partial charge in [-0.25, -0.2) is 4.57 Å². The molecule has 0 heterocycles. The van der Waals surface area contributed by atoms with Gasteiger partial charge in [-0.3, -0.25) is 18.6 Å². The summed E-state index contributed by atoms with van der Waals surface area (Å²) >= 11 is 0. The predicted molar refractivity (Wildman–Crippen MR) is 208 cm³/mol. The number of carboxylic acid groups (broad SMARTS) is 1. The first kappa shape index (κ1) is 49.2. The Morgan fingerprint density at radius 2 is 1.14 bits per heavy atom. The van der Waals surface area contributed by atoms with Crippen LogP contribution in [0.4, 0.5) is 0 Å². The van der Waals surface area contributed by atoms with Gasteiger partial charge in [-0.2, -0.15) is 0 Å². The fourth-order valence-corrected chi connectivity index (χ4v) is 6.10. The van der Waals surface area contributed by atoms with E-state index < -0.39 is 45.1 Å². The number of nitrogens with two attached hydrogens (primary N) is 1. The molecule has 0 rings (SSSR count). The minimum atomic E-state index is -4.61. The molecule has 0 aromatic carbocycles. The lowest BCUT2D eigenvalue weighted by Crippen LogP contribution is -2.34. The van der Waals surface area contributed by atoms with Crippen LogP contribution in [0, 0.1) is 0 Å². The summed E-state index contributed by atoms with van der Waals surface area (Å²) < 4.78 is 33.2. The molecule has 0 amide bonds. The molecule has 0 aromatic heterocycles. The SMILES string of the molecule is CC/C=C\C/C=C\C/C=C\CCCCCCCC(=O)OC(COCCCCCCCCCCCCCCCC)COP(=O)(O)OCC(N)C(=O)O. The number of carbonyl (C=O) groups excluding carboxylic acids is 1. The van der Waals surface area contributed by atoms with Crippen LogP contribution in [0.3, 0.4) is 0 Å². The minimum absolute atomic E-state index is 0.0119. The summed E-state index contributed by atoms with van der Waals surface area (Å²) in [6.45, 7) is 3.75. The number of esters is 1. The van der Waals surface area contributed by atoms with Crippen molar-refractivity contribution in [2.24, 2.45) is 5.73 Å². The quantitative estimate of drug-likeness (QED) is 0.0241. The first-order valence-corrected chi connectivity index (χ1v) is 21.5. The summed E-state index contributed by atoms with van der Waals surface area (Å²) in [5, 5.41) is 8.87. The molecule has 0 saturated carbocycles. The molecule has 0 radical (unpaired) electrons. The van der Waals surface area contributed by atoms with Crippen LogP contribution >= 0.6 is 7.82 Å². The summed E-state index contributed by atoms with van der Waals surface area (Å²) in [5.41, 5.74) is 5.34. The van der Waals surface area contributed by atoms with Gasteiger partial charge in [-0.15, -0.1) is 0 Å². The number of aliphatic carboxylic acids is 1. The van der Waals surface area contributed by atoms with E-state index in [1.165, 1.54) is 70.6 Å². The average molecular weight is 744 g/mol. The zero-order valence-electron chi connectivity index (χ0n) is 32.2. The number of allylic oxidation sites excluding steroid dienone is 6. The molecule has 10 nitrogen and oxygen atoms in total. The van der Waals surface area contributed by atoms with Gasteiger partial charge in [0.25, 0.3) is 0 Å². The van der Waals surface area contributed by atoms with Crippen LogP contribution in [0.15, 0.2) is 36.5 Å². The normalized spacial score (nSPS) is 14.4. The largest absolute Gasteiger partial charge is 0.480 e. The zero-order chi connectivity index (χ0) is 37.7. The second-order valence-corrected chi connectivity index (χ2v) is 14.8. The van der Waals surface area contributed by atoms with E-state index in [0.717, 1.165) is 70.6 Å². The maximum atomic E-state index is 12.6. The predicted octanol–water partition coefficient (Wildman–Crippen LogP) is 10.5. The molecule has 51 heavy (non-hydrogen) atoms. The summed E-state index contributed by atoms with van der Waals surface area (Å²) in [5.74, 6) is -1.79. The summed E-state index contributed by atoms with van der Waals surface area (Å²) in [4.78, 5) is 33.4. The third-order valence-corrected chi connectivity index (χ3v) is 9.38. The molecular formula is C40H74NO9P. The number of rotatable bonds is 38. The highest BCUT2D eigenvalue weighted by molar-refractivity contribution is 7.47. The van der Waals surface area contributed by atoms with Gasteiger partial charge in [-0.1, -0.05) is 153 Å². The number of hydrogen-bond acceptors (Lipinski definition) is 8. The van der Waals surface area contributed by atoms with Gasteiger partial charge < -0.3 is 25.2 Å². The smallest absolute Gasteiger partial charge is 0.472 e. The monoisotopic (exact) mass is 744 g/mol. The van der Waals surface area contributed by atoms with E-state index in [2.05, 4.69) is 50.3 Å². The summed E-state index contributed by atoms with van der Waals surface area (Å²) in [6, 6.07) is -1.47. The molecule has 0 bridgehead atoms. The topological polar surface area (TPSA) is 155 Å². The molecule has 11 heteroatoms. The first-order chi connectivity index (χ1) is 24.7. The number of phosphoric acid groups is 1. The Morgan fingerprint density at radius 3 is 1.71 bits per heavy atom. The molecule has 0 aromatic rings. The third-order valence-electron chi connectivity index (χ3n) is 8.43. The molecule has 0 fully saturated rings. The van der Waals surface area contributed by atoms with E-state index >= 15 is 0 Å². The summed E-state index contributed by atoms with van der Waals surface area (Å²) in [6.07, 6.45) is 39.1. The number of ether oxygens (including phenoxy) is 2. The van der Waals surface area contributed by atoms with Crippen molar-refractivity contribution in [3.8, 4) is 0 Å². The Morgan fingerprint density at radius 1 is 0.647 bits per heavy atom. The maximum Gasteiger partial charge on any atom is 0.472 e. The number of phosphoric ester groups is 1. The Hall–Kier alpha value is -1.81. The lowest BCUT2D eigenvalue weighted by atomic mass is 10.0. The molecule has 4 N–H and O–H groups in total. The molecule has 0 aliphatic carbocycles. The molecule has 3 unspecified atom stereocenters. The Balaban J connectivity index is 4.30. The van der Waals surface area contributed by atoms with E-state index in [1.807, 2.05) is 0 Å². The lowest BCUT2D eigenvalue weighted by Gasteiger charge is -2.20. The van der Waals surface area contributed by atoms with Crippen LogP contribution in [0.1, 0.15) is 168 Å². The Bertz CT molecular complexity index is 956. The van der Waals surface area contributed by atoms with Crippen molar-refractivity contribution in [1.82, 2.24) is 0 Å². The van der Waals surface area contributed by atoms with Gasteiger partial charge >= 0.3 is 19.8 Å². The van der Waals surface area contributed by atoms with E-state index in [9.17, 15) is 19.0 Å². The van der Waals surface area contributed by atoms with Crippen molar-refractivity contribution >= 4 is 19.8 Å². The summed E-state index contributed by atoms with van der Waals surface area (Å²) in [7, 11) is -4.61. The van der Waals surface area contributed by atoms with Crippen molar-refractivity contribution in [3.63, 3.8) is 0 Å². The fourth-order valence-electron chi connectivity index (χ4n) is 5.32. The number of carbonyl (C=O) groups is 2. The fraction of sp³-hybridized carbons (Fsp3) is 0.800. The highest BCUT2D eigenvalue weighted by atomic mass is 31.2. The van der Waals surface area contributed by atoms with E-state index in [4.69, 9.17) is 29.4 Å².